The van der Waals surface area contributed by atoms with Gasteiger partial charge in [-0.25, -0.2) is 13.1 Å². The average molecular weight is 297 g/mol. The van der Waals surface area contributed by atoms with E-state index in [-0.39, 0.29) is 10.9 Å². The molecule has 20 heavy (non-hydrogen) atoms. The first-order chi connectivity index (χ1) is 9.51. The maximum Gasteiger partial charge on any atom is 0.240 e. The van der Waals surface area contributed by atoms with Crippen molar-refractivity contribution in [2.24, 2.45) is 0 Å². The summed E-state index contributed by atoms with van der Waals surface area (Å²) in [5.74, 6) is 0. The van der Waals surface area contributed by atoms with Gasteiger partial charge < -0.3 is 10.6 Å². The summed E-state index contributed by atoms with van der Waals surface area (Å²) in [6.07, 6.45) is 2.88. The highest BCUT2D eigenvalue weighted by Gasteiger charge is 2.24. The summed E-state index contributed by atoms with van der Waals surface area (Å²) in [7, 11) is -3.43. The van der Waals surface area contributed by atoms with Crippen LogP contribution in [0.3, 0.4) is 0 Å². The summed E-state index contributed by atoms with van der Waals surface area (Å²) >= 11 is 0. The van der Waals surface area contributed by atoms with E-state index < -0.39 is 10.0 Å². The smallest absolute Gasteiger partial charge is 0.240 e. The van der Waals surface area contributed by atoms with Gasteiger partial charge in [-0.15, -0.1) is 0 Å². The van der Waals surface area contributed by atoms with Crippen molar-refractivity contribution < 1.29 is 8.42 Å². The predicted octanol–water partition coefficient (Wildman–Crippen LogP) is 1.42. The Morgan fingerprint density at radius 3 is 2.40 bits per heavy atom. The number of nitrogen functional groups attached to an aromatic ring is 1. The van der Waals surface area contributed by atoms with Gasteiger partial charge in [0.1, 0.15) is 0 Å². The average Bonchev–Trinajstić information content (AvgIpc) is 2.41. The molecule has 0 amide bonds. The molecule has 0 unspecified atom stereocenters. The topological polar surface area (TPSA) is 75.4 Å². The van der Waals surface area contributed by atoms with E-state index in [4.69, 9.17) is 5.73 Å². The van der Waals surface area contributed by atoms with Crippen molar-refractivity contribution in [3.05, 3.63) is 24.3 Å². The largest absolute Gasteiger partial charge is 0.399 e. The van der Waals surface area contributed by atoms with Crippen molar-refractivity contribution >= 4 is 15.7 Å². The van der Waals surface area contributed by atoms with Gasteiger partial charge >= 0.3 is 0 Å². The fraction of sp³-hybridized carbons (Fsp3) is 0.571. The molecule has 0 atom stereocenters. The Morgan fingerprint density at radius 1 is 1.25 bits per heavy atom. The molecule has 6 heteroatoms. The molecule has 3 N–H and O–H groups in total. The normalized spacial score (nSPS) is 18.2. The molecule has 0 saturated carbocycles. The number of benzene rings is 1. The maximum absolute atomic E-state index is 12.3. The van der Waals surface area contributed by atoms with Gasteiger partial charge in [0.25, 0.3) is 0 Å². The number of rotatable bonds is 5. The third-order valence-corrected chi connectivity index (χ3v) is 5.18. The molecule has 1 heterocycles. The summed E-state index contributed by atoms with van der Waals surface area (Å²) in [4.78, 5) is 2.66. The quantitative estimate of drug-likeness (QED) is 0.806. The lowest BCUT2D eigenvalue weighted by Crippen LogP contribution is -2.44. The molecule has 1 aliphatic heterocycles. The molecule has 2 rings (SSSR count). The van der Waals surface area contributed by atoms with Gasteiger partial charge in [0.05, 0.1) is 4.90 Å². The molecule has 112 valence electrons. The van der Waals surface area contributed by atoms with Gasteiger partial charge in [-0.3, -0.25) is 0 Å². The van der Waals surface area contributed by atoms with Gasteiger partial charge in [0.15, 0.2) is 0 Å². The summed E-state index contributed by atoms with van der Waals surface area (Å²) < 4.78 is 27.3. The Labute approximate surface area is 121 Å². The lowest BCUT2D eigenvalue weighted by atomic mass is 10.1. The highest BCUT2D eigenvalue weighted by molar-refractivity contribution is 7.89. The van der Waals surface area contributed by atoms with Gasteiger partial charge in [-0.05, 0) is 63.2 Å². The Balaban J connectivity index is 1.94. The van der Waals surface area contributed by atoms with Crippen LogP contribution in [0.25, 0.3) is 0 Å². The number of hydrogen-bond donors (Lipinski definition) is 2. The highest BCUT2D eigenvalue weighted by atomic mass is 32.2. The second-order valence-electron chi connectivity index (χ2n) is 5.31. The van der Waals surface area contributed by atoms with Crippen molar-refractivity contribution in [3.63, 3.8) is 0 Å². The first-order valence-corrected chi connectivity index (χ1v) is 8.60. The van der Waals surface area contributed by atoms with Crippen LogP contribution in [0, 0.1) is 0 Å². The second-order valence-corrected chi connectivity index (χ2v) is 7.02. The third kappa shape index (κ3) is 3.94. The summed E-state index contributed by atoms with van der Waals surface area (Å²) in [5, 5.41) is 0. The van der Waals surface area contributed by atoms with Crippen LogP contribution < -0.4 is 10.5 Å². The SMILES string of the molecule is CCCN1CCC(NS(=O)(=O)c2ccc(N)cc2)CC1. The van der Waals surface area contributed by atoms with Crippen LogP contribution in [0.5, 0.6) is 0 Å². The number of piperidine rings is 1. The van der Waals surface area contributed by atoms with E-state index in [0.717, 1.165) is 38.9 Å². The third-order valence-electron chi connectivity index (χ3n) is 3.64. The van der Waals surface area contributed by atoms with Crippen LogP contribution in [-0.2, 0) is 10.0 Å². The summed E-state index contributed by atoms with van der Waals surface area (Å²) in [6.45, 7) is 5.18. The van der Waals surface area contributed by atoms with Crippen molar-refractivity contribution in [2.45, 2.75) is 37.1 Å². The van der Waals surface area contributed by atoms with Crippen molar-refractivity contribution in [1.29, 1.82) is 0 Å². The van der Waals surface area contributed by atoms with E-state index in [2.05, 4.69) is 16.5 Å². The number of likely N-dealkylation sites (tertiary alicyclic amines) is 1. The first kappa shape index (κ1) is 15.3. The van der Waals surface area contributed by atoms with Crippen LogP contribution in [0.2, 0.25) is 0 Å². The van der Waals surface area contributed by atoms with E-state index in [1.54, 1.807) is 24.3 Å². The molecule has 5 nitrogen and oxygen atoms in total. The van der Waals surface area contributed by atoms with Gasteiger partial charge in [0.2, 0.25) is 10.0 Å². The fourth-order valence-electron chi connectivity index (χ4n) is 2.53. The van der Waals surface area contributed by atoms with Crippen LogP contribution >= 0.6 is 0 Å². The van der Waals surface area contributed by atoms with Gasteiger partial charge in [0, 0.05) is 11.7 Å². The van der Waals surface area contributed by atoms with Crippen LogP contribution in [0.1, 0.15) is 26.2 Å². The zero-order valence-corrected chi connectivity index (χ0v) is 12.7. The molecule has 1 aromatic rings. The number of nitrogens with one attached hydrogen (secondary N) is 1. The van der Waals surface area contributed by atoms with E-state index in [9.17, 15) is 8.42 Å². The molecule has 1 fully saturated rings. The number of sulfonamides is 1. The molecule has 0 aromatic heterocycles. The van der Waals surface area contributed by atoms with Crippen LogP contribution in [-0.4, -0.2) is 39.0 Å². The number of nitrogens with zero attached hydrogens (tertiary/aromatic N) is 1. The lowest BCUT2D eigenvalue weighted by molar-refractivity contribution is 0.208. The zero-order chi connectivity index (χ0) is 14.6. The van der Waals surface area contributed by atoms with E-state index in [1.807, 2.05) is 0 Å². The van der Waals surface area contributed by atoms with Crippen LogP contribution in [0.4, 0.5) is 5.69 Å². The minimum atomic E-state index is -3.43. The zero-order valence-electron chi connectivity index (χ0n) is 11.9. The molecule has 1 aromatic carbocycles. The second kappa shape index (κ2) is 6.56. The van der Waals surface area contributed by atoms with E-state index in [1.165, 1.54) is 0 Å². The molecule has 0 spiro atoms. The molecule has 0 bridgehead atoms. The summed E-state index contributed by atoms with van der Waals surface area (Å²) in [6, 6.07) is 6.34. The number of anilines is 1. The lowest BCUT2D eigenvalue weighted by Gasteiger charge is -2.31. The number of nitrogens with two attached hydrogens (primary N) is 1. The Morgan fingerprint density at radius 2 is 1.85 bits per heavy atom. The Kier molecular flexibility index (Phi) is 5.01. The molecule has 1 aliphatic rings. The Hall–Kier alpha value is -1.11. The molecular weight excluding hydrogens is 274 g/mol. The molecule has 1 saturated heterocycles. The standard InChI is InChI=1S/C14H23N3O2S/c1-2-9-17-10-7-13(8-11-17)16-20(18,19)14-5-3-12(15)4-6-14/h3-6,13,16H,2,7-11,15H2,1H3. The van der Waals surface area contributed by atoms with Crippen molar-refractivity contribution in [2.75, 3.05) is 25.4 Å². The van der Waals surface area contributed by atoms with Gasteiger partial charge in [-0.1, -0.05) is 6.92 Å². The Bertz CT molecular complexity index is 520. The van der Waals surface area contributed by atoms with Crippen molar-refractivity contribution in [3.8, 4) is 0 Å². The van der Waals surface area contributed by atoms with E-state index >= 15 is 0 Å². The summed E-state index contributed by atoms with van der Waals surface area (Å²) in [5.41, 5.74) is 6.14. The molecule has 0 radical (unpaired) electrons. The molecular formula is C14H23N3O2S. The number of hydrogen-bond acceptors (Lipinski definition) is 4. The predicted molar refractivity (Wildman–Crippen MR) is 80.9 cm³/mol. The monoisotopic (exact) mass is 297 g/mol. The molecule has 0 aliphatic carbocycles. The van der Waals surface area contributed by atoms with Gasteiger partial charge in [-0.2, -0.15) is 0 Å². The minimum Gasteiger partial charge on any atom is -0.399 e. The van der Waals surface area contributed by atoms with E-state index in [0.29, 0.717) is 5.69 Å². The maximum atomic E-state index is 12.3. The van der Waals surface area contributed by atoms with Crippen LogP contribution in [0.15, 0.2) is 29.2 Å². The van der Waals surface area contributed by atoms with Crippen molar-refractivity contribution in [1.82, 2.24) is 9.62 Å². The fourth-order valence-corrected chi connectivity index (χ4v) is 3.83. The highest BCUT2D eigenvalue weighted by Crippen LogP contribution is 2.16. The minimum absolute atomic E-state index is 0.0330. The first-order valence-electron chi connectivity index (χ1n) is 7.11.